The largest absolute Gasteiger partial charge is 0.396 e. The van der Waals surface area contributed by atoms with Crippen molar-refractivity contribution in [2.75, 3.05) is 13.2 Å². The van der Waals surface area contributed by atoms with Gasteiger partial charge in [0.05, 0.1) is 0 Å². The van der Waals surface area contributed by atoms with E-state index >= 15 is 0 Å². The summed E-state index contributed by atoms with van der Waals surface area (Å²) in [4.78, 5) is 25.4. The van der Waals surface area contributed by atoms with Gasteiger partial charge in [0.1, 0.15) is 0 Å². The maximum Gasteiger partial charge on any atom is 0.251 e. The molecule has 0 radical (unpaired) electrons. The maximum atomic E-state index is 12.0. The SMILES string of the molecule is CC(CCO)NC(=O)c1ccc(CN2CCCC2=O)cc1. The van der Waals surface area contributed by atoms with E-state index in [0.717, 1.165) is 18.5 Å². The number of likely N-dealkylation sites (tertiary alicyclic amines) is 1. The highest BCUT2D eigenvalue weighted by Gasteiger charge is 2.20. The van der Waals surface area contributed by atoms with E-state index in [-0.39, 0.29) is 24.5 Å². The predicted octanol–water partition coefficient (Wildman–Crippen LogP) is 1.31. The minimum Gasteiger partial charge on any atom is -0.396 e. The number of carbonyl (C=O) groups is 2. The molecule has 1 fully saturated rings. The van der Waals surface area contributed by atoms with E-state index in [0.29, 0.717) is 24.9 Å². The van der Waals surface area contributed by atoms with Crippen LogP contribution in [0.3, 0.4) is 0 Å². The van der Waals surface area contributed by atoms with E-state index in [2.05, 4.69) is 5.32 Å². The lowest BCUT2D eigenvalue weighted by Gasteiger charge is -2.16. The van der Waals surface area contributed by atoms with Crippen molar-refractivity contribution < 1.29 is 14.7 Å². The first-order valence-corrected chi connectivity index (χ1v) is 7.38. The Morgan fingerprint density at radius 1 is 1.38 bits per heavy atom. The molecule has 21 heavy (non-hydrogen) atoms. The number of hydrogen-bond donors (Lipinski definition) is 2. The third kappa shape index (κ3) is 4.29. The summed E-state index contributed by atoms with van der Waals surface area (Å²) in [6.45, 7) is 3.35. The molecule has 1 saturated heterocycles. The summed E-state index contributed by atoms with van der Waals surface area (Å²) >= 11 is 0. The van der Waals surface area contributed by atoms with Crippen LogP contribution in [0.25, 0.3) is 0 Å². The van der Waals surface area contributed by atoms with Crippen LogP contribution in [0.5, 0.6) is 0 Å². The van der Waals surface area contributed by atoms with E-state index in [1.807, 2.05) is 24.0 Å². The quantitative estimate of drug-likeness (QED) is 0.830. The van der Waals surface area contributed by atoms with Crippen LogP contribution < -0.4 is 5.32 Å². The minimum atomic E-state index is -0.139. The minimum absolute atomic E-state index is 0.0515. The summed E-state index contributed by atoms with van der Waals surface area (Å²) < 4.78 is 0. The Bertz CT molecular complexity index is 499. The number of aliphatic hydroxyl groups is 1. The van der Waals surface area contributed by atoms with Crippen LogP contribution in [0, 0.1) is 0 Å². The van der Waals surface area contributed by atoms with Crippen molar-refractivity contribution in [1.82, 2.24) is 10.2 Å². The summed E-state index contributed by atoms with van der Waals surface area (Å²) in [5.74, 6) is 0.0643. The van der Waals surface area contributed by atoms with Gasteiger partial charge in [0, 0.05) is 37.7 Å². The molecule has 1 aromatic carbocycles. The zero-order valence-corrected chi connectivity index (χ0v) is 12.3. The van der Waals surface area contributed by atoms with E-state index in [1.54, 1.807) is 12.1 Å². The van der Waals surface area contributed by atoms with Crippen LogP contribution in [0.4, 0.5) is 0 Å². The highest BCUT2D eigenvalue weighted by molar-refractivity contribution is 5.94. The van der Waals surface area contributed by atoms with Gasteiger partial charge in [-0.2, -0.15) is 0 Å². The van der Waals surface area contributed by atoms with Crippen LogP contribution in [-0.4, -0.2) is 41.0 Å². The summed E-state index contributed by atoms with van der Waals surface area (Å²) in [5, 5.41) is 11.7. The standard InChI is InChI=1S/C16H22N2O3/c1-12(8-10-19)17-16(21)14-6-4-13(5-7-14)11-18-9-2-3-15(18)20/h4-7,12,19H,2-3,8-11H2,1H3,(H,17,21). The van der Waals surface area contributed by atoms with E-state index in [9.17, 15) is 9.59 Å². The molecule has 5 nitrogen and oxygen atoms in total. The zero-order valence-electron chi connectivity index (χ0n) is 12.3. The number of nitrogens with one attached hydrogen (secondary N) is 1. The number of aliphatic hydroxyl groups excluding tert-OH is 1. The summed E-state index contributed by atoms with van der Waals surface area (Å²) in [6.07, 6.45) is 2.12. The lowest BCUT2D eigenvalue weighted by molar-refractivity contribution is -0.128. The van der Waals surface area contributed by atoms with Gasteiger partial charge in [-0.3, -0.25) is 9.59 Å². The van der Waals surface area contributed by atoms with Gasteiger partial charge in [-0.15, -0.1) is 0 Å². The fourth-order valence-electron chi connectivity index (χ4n) is 2.43. The Labute approximate surface area is 125 Å². The first-order chi connectivity index (χ1) is 10.1. The molecule has 0 bridgehead atoms. The van der Waals surface area contributed by atoms with Gasteiger partial charge in [-0.1, -0.05) is 12.1 Å². The number of nitrogens with zero attached hydrogens (tertiary/aromatic N) is 1. The molecule has 114 valence electrons. The Balaban J connectivity index is 1.92. The molecule has 1 atom stereocenters. The van der Waals surface area contributed by atoms with Gasteiger partial charge in [-0.05, 0) is 37.5 Å². The van der Waals surface area contributed by atoms with Gasteiger partial charge >= 0.3 is 0 Å². The van der Waals surface area contributed by atoms with Crippen molar-refractivity contribution in [2.45, 2.75) is 38.8 Å². The first kappa shape index (κ1) is 15.5. The maximum absolute atomic E-state index is 12.0. The van der Waals surface area contributed by atoms with Gasteiger partial charge < -0.3 is 15.3 Å². The average molecular weight is 290 g/mol. The van der Waals surface area contributed by atoms with Crippen LogP contribution in [0.15, 0.2) is 24.3 Å². The molecule has 1 heterocycles. The molecule has 1 aliphatic heterocycles. The summed E-state index contributed by atoms with van der Waals surface area (Å²) in [5.41, 5.74) is 1.63. The zero-order chi connectivity index (χ0) is 15.2. The Morgan fingerprint density at radius 2 is 2.10 bits per heavy atom. The Morgan fingerprint density at radius 3 is 2.67 bits per heavy atom. The van der Waals surface area contributed by atoms with Crippen molar-refractivity contribution >= 4 is 11.8 Å². The smallest absolute Gasteiger partial charge is 0.251 e. The molecular weight excluding hydrogens is 268 g/mol. The molecule has 2 N–H and O–H groups in total. The molecular formula is C16H22N2O3. The number of amides is 2. The van der Waals surface area contributed by atoms with Crippen LogP contribution in [-0.2, 0) is 11.3 Å². The molecule has 1 aromatic rings. The molecule has 0 aliphatic carbocycles. The number of rotatable bonds is 6. The number of carbonyl (C=O) groups excluding carboxylic acids is 2. The Kier molecular flexibility index (Phi) is 5.33. The number of benzene rings is 1. The predicted molar refractivity (Wildman–Crippen MR) is 79.7 cm³/mol. The summed E-state index contributed by atoms with van der Waals surface area (Å²) in [6, 6.07) is 7.27. The second-order valence-electron chi connectivity index (χ2n) is 5.50. The molecule has 2 amide bonds. The van der Waals surface area contributed by atoms with Gasteiger partial charge in [0.25, 0.3) is 5.91 Å². The highest BCUT2D eigenvalue weighted by Crippen LogP contribution is 2.14. The number of hydrogen-bond acceptors (Lipinski definition) is 3. The van der Waals surface area contributed by atoms with Crippen molar-refractivity contribution in [1.29, 1.82) is 0 Å². The molecule has 2 rings (SSSR count). The van der Waals surface area contributed by atoms with Crippen LogP contribution in [0.2, 0.25) is 0 Å². The van der Waals surface area contributed by atoms with Crippen molar-refractivity contribution in [3.8, 4) is 0 Å². The van der Waals surface area contributed by atoms with Crippen molar-refractivity contribution in [2.24, 2.45) is 0 Å². The van der Waals surface area contributed by atoms with Crippen LogP contribution in [0.1, 0.15) is 42.1 Å². The third-order valence-corrected chi connectivity index (χ3v) is 3.70. The topological polar surface area (TPSA) is 69.6 Å². The van der Waals surface area contributed by atoms with Crippen molar-refractivity contribution in [3.63, 3.8) is 0 Å². The van der Waals surface area contributed by atoms with E-state index in [4.69, 9.17) is 5.11 Å². The second kappa shape index (κ2) is 7.22. The lowest BCUT2D eigenvalue weighted by atomic mass is 10.1. The van der Waals surface area contributed by atoms with Crippen molar-refractivity contribution in [3.05, 3.63) is 35.4 Å². The van der Waals surface area contributed by atoms with E-state index in [1.165, 1.54) is 0 Å². The average Bonchev–Trinajstić information content (AvgIpc) is 2.85. The third-order valence-electron chi connectivity index (χ3n) is 3.70. The first-order valence-electron chi connectivity index (χ1n) is 7.38. The fourth-order valence-corrected chi connectivity index (χ4v) is 2.43. The molecule has 1 unspecified atom stereocenters. The molecule has 0 saturated carbocycles. The monoisotopic (exact) mass is 290 g/mol. The Hall–Kier alpha value is -1.88. The molecule has 1 aliphatic rings. The van der Waals surface area contributed by atoms with Gasteiger partial charge in [0.2, 0.25) is 5.91 Å². The lowest BCUT2D eigenvalue weighted by Crippen LogP contribution is -2.33. The second-order valence-corrected chi connectivity index (χ2v) is 5.50. The fraction of sp³-hybridized carbons (Fsp3) is 0.500. The van der Waals surface area contributed by atoms with Gasteiger partial charge in [0.15, 0.2) is 0 Å². The van der Waals surface area contributed by atoms with Gasteiger partial charge in [-0.25, -0.2) is 0 Å². The molecule has 0 spiro atoms. The molecule has 5 heteroatoms. The van der Waals surface area contributed by atoms with E-state index < -0.39 is 0 Å². The normalized spacial score (nSPS) is 16.1. The van der Waals surface area contributed by atoms with Crippen LogP contribution >= 0.6 is 0 Å². The summed E-state index contributed by atoms with van der Waals surface area (Å²) in [7, 11) is 0. The molecule has 0 aromatic heterocycles. The highest BCUT2D eigenvalue weighted by atomic mass is 16.3.